The Bertz CT molecular complexity index is 117. The van der Waals surface area contributed by atoms with Gasteiger partial charge in [-0.25, -0.2) is 0 Å². The van der Waals surface area contributed by atoms with Crippen LogP contribution in [0.5, 0.6) is 0 Å². The Balaban J connectivity index is 0.000000791. The Kier molecular flexibility index (Phi) is 7.26. The minimum absolute atomic E-state index is 0.733. The van der Waals surface area contributed by atoms with Gasteiger partial charge in [-0.2, -0.15) is 0 Å². The molecule has 0 spiro atoms. The molecule has 1 heterocycles. The molecule has 0 aromatic rings. The number of nitrogens with one attached hydrogen (secondary N) is 1. The maximum atomic E-state index is 3.60. The highest BCUT2D eigenvalue weighted by Crippen LogP contribution is 2.32. The van der Waals surface area contributed by atoms with E-state index in [-0.39, 0.29) is 0 Å². The summed E-state index contributed by atoms with van der Waals surface area (Å²) in [5.41, 5.74) is 0. The molecule has 1 fully saturated rings. The number of hydrogen-bond donors (Lipinski definition) is 1. The lowest BCUT2D eigenvalue weighted by Gasteiger charge is -2.40. The molecule has 4 unspecified atom stereocenters. The molecule has 1 aliphatic heterocycles. The SMILES string of the molecule is CC.CCC1C(C)CNC(C)C1CC. The molecule has 86 valence electrons. The van der Waals surface area contributed by atoms with E-state index in [1.54, 1.807) is 0 Å². The van der Waals surface area contributed by atoms with Gasteiger partial charge in [-0.15, -0.1) is 0 Å². The Hall–Kier alpha value is -0.0400. The third-order valence-electron chi connectivity index (χ3n) is 3.63. The van der Waals surface area contributed by atoms with Gasteiger partial charge in [0.15, 0.2) is 0 Å². The summed E-state index contributed by atoms with van der Waals surface area (Å²) >= 11 is 0. The van der Waals surface area contributed by atoms with Gasteiger partial charge in [-0.3, -0.25) is 0 Å². The van der Waals surface area contributed by atoms with Crippen LogP contribution in [0.1, 0.15) is 54.4 Å². The molecule has 1 heteroatoms. The van der Waals surface area contributed by atoms with E-state index >= 15 is 0 Å². The van der Waals surface area contributed by atoms with E-state index in [0.717, 1.165) is 23.8 Å². The van der Waals surface area contributed by atoms with Crippen LogP contribution in [0, 0.1) is 17.8 Å². The highest BCUT2D eigenvalue weighted by atomic mass is 14.9. The standard InChI is InChI=1S/C11H23N.C2H6/c1-5-10-8(3)7-12-9(4)11(10)6-2;1-2/h8-12H,5-7H2,1-4H3;1-2H3. The summed E-state index contributed by atoms with van der Waals surface area (Å²) in [6, 6.07) is 0.733. The first-order valence-electron chi connectivity index (χ1n) is 6.44. The van der Waals surface area contributed by atoms with Crippen molar-refractivity contribution in [2.75, 3.05) is 6.54 Å². The molecule has 1 saturated heterocycles. The number of hydrogen-bond acceptors (Lipinski definition) is 1. The molecule has 14 heavy (non-hydrogen) atoms. The third kappa shape index (κ3) is 3.27. The molecule has 1 nitrogen and oxygen atoms in total. The first kappa shape index (κ1) is 14.0. The zero-order valence-corrected chi connectivity index (χ0v) is 10.9. The summed E-state index contributed by atoms with van der Waals surface area (Å²) < 4.78 is 0. The average Bonchev–Trinajstić information content (AvgIpc) is 2.24. The number of rotatable bonds is 2. The van der Waals surface area contributed by atoms with Crippen molar-refractivity contribution in [2.45, 2.75) is 60.4 Å². The fraction of sp³-hybridized carbons (Fsp3) is 1.00. The van der Waals surface area contributed by atoms with Crippen LogP contribution < -0.4 is 5.32 Å². The van der Waals surface area contributed by atoms with Gasteiger partial charge in [-0.05, 0) is 31.2 Å². The molecule has 1 N–H and O–H groups in total. The zero-order valence-electron chi connectivity index (χ0n) is 10.9. The van der Waals surface area contributed by atoms with E-state index in [9.17, 15) is 0 Å². The van der Waals surface area contributed by atoms with E-state index in [1.165, 1.54) is 19.4 Å². The van der Waals surface area contributed by atoms with Crippen molar-refractivity contribution in [2.24, 2.45) is 17.8 Å². The molecule has 0 bridgehead atoms. The van der Waals surface area contributed by atoms with Gasteiger partial charge in [0, 0.05) is 6.04 Å². The molecule has 0 aromatic heterocycles. The van der Waals surface area contributed by atoms with Gasteiger partial charge >= 0.3 is 0 Å². The summed E-state index contributed by atoms with van der Waals surface area (Å²) in [5, 5.41) is 3.60. The summed E-state index contributed by atoms with van der Waals surface area (Å²) in [6.07, 6.45) is 2.68. The minimum atomic E-state index is 0.733. The zero-order chi connectivity index (χ0) is 11.1. The lowest BCUT2D eigenvalue weighted by atomic mass is 9.73. The van der Waals surface area contributed by atoms with E-state index < -0.39 is 0 Å². The normalized spacial score (nSPS) is 37.3. The Labute approximate surface area is 90.7 Å². The third-order valence-corrected chi connectivity index (χ3v) is 3.63. The predicted molar refractivity (Wildman–Crippen MR) is 65.5 cm³/mol. The Morgan fingerprint density at radius 1 is 1.00 bits per heavy atom. The van der Waals surface area contributed by atoms with Crippen LogP contribution in [0.3, 0.4) is 0 Å². The quantitative estimate of drug-likeness (QED) is 0.715. The predicted octanol–water partition coefficient (Wildman–Crippen LogP) is 3.69. The van der Waals surface area contributed by atoms with Crippen LogP contribution in [0.15, 0.2) is 0 Å². The maximum absolute atomic E-state index is 3.60. The van der Waals surface area contributed by atoms with Crippen LogP contribution in [0.25, 0.3) is 0 Å². The molecule has 0 amide bonds. The highest BCUT2D eigenvalue weighted by molar-refractivity contribution is 4.86. The van der Waals surface area contributed by atoms with Crippen LogP contribution in [-0.4, -0.2) is 12.6 Å². The van der Waals surface area contributed by atoms with Gasteiger partial charge in [0.25, 0.3) is 0 Å². The second-order valence-electron chi connectivity index (χ2n) is 4.32. The van der Waals surface area contributed by atoms with Gasteiger partial charge < -0.3 is 5.32 Å². The van der Waals surface area contributed by atoms with Crippen molar-refractivity contribution in [1.82, 2.24) is 5.32 Å². The topological polar surface area (TPSA) is 12.0 Å². The lowest BCUT2D eigenvalue weighted by molar-refractivity contribution is 0.130. The fourth-order valence-corrected chi connectivity index (χ4v) is 2.83. The van der Waals surface area contributed by atoms with Crippen molar-refractivity contribution in [3.8, 4) is 0 Å². The maximum Gasteiger partial charge on any atom is 0.00697 e. The van der Waals surface area contributed by atoms with E-state index in [0.29, 0.717) is 0 Å². The molecule has 0 radical (unpaired) electrons. The van der Waals surface area contributed by atoms with E-state index in [4.69, 9.17) is 0 Å². The van der Waals surface area contributed by atoms with E-state index in [2.05, 4.69) is 33.0 Å². The molecular weight excluding hydrogens is 170 g/mol. The van der Waals surface area contributed by atoms with Gasteiger partial charge in [0.1, 0.15) is 0 Å². The summed E-state index contributed by atoms with van der Waals surface area (Å²) in [5.74, 6) is 2.72. The van der Waals surface area contributed by atoms with Crippen molar-refractivity contribution >= 4 is 0 Å². The van der Waals surface area contributed by atoms with Crippen molar-refractivity contribution < 1.29 is 0 Å². The van der Waals surface area contributed by atoms with Crippen LogP contribution >= 0.6 is 0 Å². The summed E-state index contributed by atoms with van der Waals surface area (Å²) in [7, 11) is 0. The second kappa shape index (κ2) is 7.28. The van der Waals surface area contributed by atoms with Crippen molar-refractivity contribution in [3.63, 3.8) is 0 Å². The Morgan fingerprint density at radius 3 is 1.86 bits per heavy atom. The molecule has 0 saturated carbocycles. The van der Waals surface area contributed by atoms with E-state index in [1.807, 2.05) is 13.8 Å². The fourth-order valence-electron chi connectivity index (χ4n) is 2.83. The molecule has 1 rings (SSSR count). The van der Waals surface area contributed by atoms with Crippen molar-refractivity contribution in [1.29, 1.82) is 0 Å². The monoisotopic (exact) mass is 199 g/mol. The molecule has 4 atom stereocenters. The minimum Gasteiger partial charge on any atom is -0.314 e. The Morgan fingerprint density at radius 2 is 1.50 bits per heavy atom. The first-order chi connectivity index (χ1) is 6.70. The van der Waals surface area contributed by atoms with Crippen LogP contribution in [0.4, 0.5) is 0 Å². The highest BCUT2D eigenvalue weighted by Gasteiger charge is 2.32. The second-order valence-corrected chi connectivity index (χ2v) is 4.32. The van der Waals surface area contributed by atoms with Gasteiger partial charge in [0.05, 0.1) is 0 Å². The smallest absolute Gasteiger partial charge is 0.00697 e. The largest absolute Gasteiger partial charge is 0.314 e. The van der Waals surface area contributed by atoms with Crippen LogP contribution in [0.2, 0.25) is 0 Å². The van der Waals surface area contributed by atoms with Crippen molar-refractivity contribution in [3.05, 3.63) is 0 Å². The molecule has 1 aliphatic rings. The van der Waals surface area contributed by atoms with Gasteiger partial charge in [-0.1, -0.05) is 47.5 Å². The lowest BCUT2D eigenvalue weighted by Crippen LogP contribution is -2.48. The molecular formula is C13H29N. The van der Waals surface area contributed by atoms with Gasteiger partial charge in [0.2, 0.25) is 0 Å². The molecule has 0 aliphatic carbocycles. The summed E-state index contributed by atoms with van der Waals surface area (Å²) in [6.45, 7) is 14.6. The summed E-state index contributed by atoms with van der Waals surface area (Å²) in [4.78, 5) is 0. The average molecular weight is 199 g/mol. The molecule has 0 aromatic carbocycles. The first-order valence-corrected chi connectivity index (χ1v) is 6.44. The van der Waals surface area contributed by atoms with Crippen LogP contribution in [-0.2, 0) is 0 Å². The number of piperidine rings is 1.